The molecule has 3 fully saturated rings. The molecule has 2 bridgehead atoms. The van der Waals surface area contributed by atoms with E-state index in [4.69, 9.17) is 33.2 Å². The fourth-order valence-corrected chi connectivity index (χ4v) is 10.9. The van der Waals surface area contributed by atoms with Crippen molar-refractivity contribution in [3.05, 3.63) is 47.6 Å². The van der Waals surface area contributed by atoms with Crippen molar-refractivity contribution in [3.63, 3.8) is 0 Å². The first kappa shape index (κ1) is 60.1. The van der Waals surface area contributed by atoms with Crippen molar-refractivity contribution >= 4 is 29.2 Å². The maximum Gasteiger partial charge on any atom is 0.329 e. The van der Waals surface area contributed by atoms with Gasteiger partial charge in [0, 0.05) is 58.5 Å². The number of ether oxygens (including phenoxy) is 7. The number of rotatable bonds is 12. The number of cyclic esters (lactones) is 1. The number of hydrogen-bond donors (Lipinski definition) is 3. The summed E-state index contributed by atoms with van der Waals surface area (Å²) in [6.07, 6.45) is 12.7. The summed E-state index contributed by atoms with van der Waals surface area (Å²) in [5.41, 5.74) is 1.44. The molecule has 4 rings (SSSR count). The number of Topliss-reactive ketones (excluding diaryl/α,β-unsaturated/α-hetero) is 3. The number of piperidine rings is 1. The van der Waals surface area contributed by atoms with Gasteiger partial charge in [-0.05, 0) is 107 Å². The number of aliphatic hydroxyl groups excluding tert-OH is 2. The molecule has 1 saturated carbocycles. The number of ketones is 3. The zero-order valence-electron chi connectivity index (χ0n) is 44.3. The Labute approximate surface area is 422 Å². The average molecular weight is 1000 g/mol. The zero-order chi connectivity index (χ0) is 52.4. The molecule has 3 heterocycles. The van der Waals surface area contributed by atoms with Crippen LogP contribution in [0.3, 0.4) is 0 Å². The highest BCUT2D eigenvalue weighted by molar-refractivity contribution is 6.39. The molecule has 4 aliphatic rings. The fourth-order valence-electron chi connectivity index (χ4n) is 10.9. The highest BCUT2D eigenvalue weighted by atomic mass is 16.6. The third kappa shape index (κ3) is 16.8. The Morgan fingerprint density at radius 2 is 1.51 bits per heavy atom. The second kappa shape index (κ2) is 29.4. The van der Waals surface area contributed by atoms with Crippen molar-refractivity contribution in [2.45, 2.75) is 180 Å². The van der Waals surface area contributed by atoms with Crippen LogP contribution < -0.4 is 0 Å². The first-order valence-electron chi connectivity index (χ1n) is 26.1. The smallest absolute Gasteiger partial charge is 0.329 e. The second-order valence-corrected chi connectivity index (χ2v) is 20.7. The molecule has 0 aromatic rings. The van der Waals surface area contributed by atoms with Crippen LogP contribution in [0.2, 0.25) is 0 Å². The van der Waals surface area contributed by atoms with Crippen LogP contribution in [0.4, 0.5) is 0 Å². The summed E-state index contributed by atoms with van der Waals surface area (Å²) in [5.74, 6) is -7.84. The number of methoxy groups -OCH3 is 3. The van der Waals surface area contributed by atoms with Gasteiger partial charge in [-0.2, -0.15) is 0 Å². The Balaban J connectivity index is 1.74. The van der Waals surface area contributed by atoms with Crippen LogP contribution in [-0.2, 0) is 57.1 Å². The van der Waals surface area contributed by atoms with Crippen LogP contribution in [0.5, 0.6) is 0 Å². The molecule has 16 heteroatoms. The van der Waals surface area contributed by atoms with E-state index in [1.165, 1.54) is 12.0 Å². The quantitative estimate of drug-likeness (QED) is 0.113. The number of esters is 1. The Kier molecular flexibility index (Phi) is 24.9. The number of fused-ring (bicyclic) bond motifs is 3. The molecule has 0 spiro atoms. The van der Waals surface area contributed by atoms with Crippen molar-refractivity contribution in [2.75, 3.05) is 54.3 Å². The van der Waals surface area contributed by atoms with Gasteiger partial charge in [-0.25, -0.2) is 4.79 Å². The molecule has 3 N–H and O–H groups in total. The van der Waals surface area contributed by atoms with E-state index in [0.717, 1.165) is 12.0 Å². The lowest BCUT2D eigenvalue weighted by molar-refractivity contribution is -0.265. The molecule has 0 radical (unpaired) electrons. The van der Waals surface area contributed by atoms with Crippen molar-refractivity contribution < 1.29 is 72.5 Å². The summed E-state index contributed by atoms with van der Waals surface area (Å²) in [4.78, 5) is 72.9. The van der Waals surface area contributed by atoms with Gasteiger partial charge in [0.05, 0.1) is 50.8 Å². The van der Waals surface area contributed by atoms with E-state index in [2.05, 4.69) is 0 Å². The summed E-state index contributed by atoms with van der Waals surface area (Å²) in [6.45, 7) is 12.7. The number of amides is 1. The van der Waals surface area contributed by atoms with Gasteiger partial charge in [0.15, 0.2) is 5.78 Å². The van der Waals surface area contributed by atoms with E-state index in [1.807, 2.05) is 58.1 Å². The Hall–Kier alpha value is -3.45. The molecule has 402 valence electrons. The lowest BCUT2D eigenvalue weighted by Gasteiger charge is -2.42. The summed E-state index contributed by atoms with van der Waals surface area (Å²) < 4.78 is 42.0. The zero-order valence-corrected chi connectivity index (χ0v) is 44.3. The number of allylic oxidation sites excluding steroid dienone is 6. The number of hydrogen-bond acceptors (Lipinski definition) is 15. The Morgan fingerprint density at radius 1 is 0.789 bits per heavy atom. The summed E-state index contributed by atoms with van der Waals surface area (Å²) >= 11 is 0. The molecule has 3 aliphatic heterocycles. The molecule has 2 saturated heterocycles. The lowest BCUT2D eigenvalue weighted by Crippen LogP contribution is -2.61. The average Bonchev–Trinajstić information content (AvgIpc) is 3.35. The van der Waals surface area contributed by atoms with Gasteiger partial charge < -0.3 is 53.4 Å². The molecule has 1 aliphatic carbocycles. The van der Waals surface area contributed by atoms with Crippen LogP contribution in [0, 0.1) is 35.5 Å². The minimum absolute atomic E-state index is 0.0155. The van der Waals surface area contributed by atoms with E-state index in [1.54, 1.807) is 41.1 Å². The highest BCUT2D eigenvalue weighted by Gasteiger charge is 2.53. The molecule has 0 aromatic heterocycles. The van der Waals surface area contributed by atoms with Gasteiger partial charge in [0.25, 0.3) is 11.7 Å². The van der Waals surface area contributed by atoms with Crippen molar-refractivity contribution in [1.82, 2.24) is 4.90 Å². The monoisotopic (exact) mass is 1000 g/mol. The maximum absolute atomic E-state index is 14.6. The van der Waals surface area contributed by atoms with Gasteiger partial charge in [0.2, 0.25) is 5.79 Å². The summed E-state index contributed by atoms with van der Waals surface area (Å²) in [7, 11) is 4.65. The predicted molar refractivity (Wildman–Crippen MR) is 267 cm³/mol. The van der Waals surface area contributed by atoms with Crippen LogP contribution in [0.25, 0.3) is 0 Å². The Morgan fingerprint density at radius 3 is 2.18 bits per heavy atom. The topological polar surface area (TPSA) is 214 Å². The van der Waals surface area contributed by atoms with Crippen molar-refractivity contribution in [1.29, 1.82) is 0 Å². The maximum atomic E-state index is 14.6. The molecular formula is C55H87NO15. The number of nitrogens with zero attached hydrogens (tertiary/aromatic N) is 1. The number of aliphatic hydroxyl groups is 3. The normalized spacial score (nSPS) is 35.6. The van der Waals surface area contributed by atoms with Gasteiger partial charge in [-0.3, -0.25) is 19.2 Å². The summed E-state index contributed by atoms with van der Waals surface area (Å²) in [5, 5.41) is 31.2. The van der Waals surface area contributed by atoms with Gasteiger partial charge in [-0.1, -0.05) is 71.1 Å². The SMILES string of the molecule is CO[C@H]1CC2CC[C@@H](C)C(O)(O2)C(=O)C(=O)N2CCCC[C@H]2C(=O)OC([C@H](C)C[C@@H]2CC[C@@H](OCCO)[C@H](OC)C2)CC(=O)[C@H](C)C=C(C)[C@@H](OCCO)[C@@H](OC)C(=O)[C@H](C)C[C@H](C)C=CC=CC=C1C. The first-order chi connectivity index (χ1) is 33.8. The molecule has 71 heavy (non-hydrogen) atoms. The molecular weight excluding hydrogens is 915 g/mol. The highest BCUT2D eigenvalue weighted by Crippen LogP contribution is 2.38. The lowest BCUT2D eigenvalue weighted by atomic mass is 9.78. The van der Waals surface area contributed by atoms with E-state index in [0.29, 0.717) is 63.4 Å². The van der Waals surface area contributed by atoms with E-state index in [9.17, 15) is 39.3 Å². The van der Waals surface area contributed by atoms with Crippen molar-refractivity contribution in [3.8, 4) is 0 Å². The second-order valence-electron chi connectivity index (χ2n) is 20.7. The molecule has 15 atom stereocenters. The molecule has 0 aromatic carbocycles. The van der Waals surface area contributed by atoms with Crippen LogP contribution in [-0.4, -0.2) is 158 Å². The van der Waals surface area contributed by atoms with E-state index in [-0.39, 0.29) is 87.3 Å². The molecule has 16 nitrogen and oxygen atoms in total. The minimum atomic E-state index is -2.44. The predicted octanol–water partition coefficient (Wildman–Crippen LogP) is 6.21. The number of carbonyl (C=O) groups excluding carboxylic acids is 5. The van der Waals surface area contributed by atoms with Gasteiger partial charge in [0.1, 0.15) is 30.1 Å². The first-order valence-corrected chi connectivity index (χ1v) is 26.1. The molecule has 1 amide bonds. The summed E-state index contributed by atoms with van der Waals surface area (Å²) in [6, 6.07) is -1.15. The van der Waals surface area contributed by atoms with Gasteiger partial charge >= 0.3 is 5.97 Å². The van der Waals surface area contributed by atoms with E-state index >= 15 is 0 Å². The van der Waals surface area contributed by atoms with Crippen LogP contribution in [0.1, 0.15) is 126 Å². The molecule has 3 unspecified atom stereocenters. The van der Waals surface area contributed by atoms with Crippen LogP contribution in [0.15, 0.2) is 47.6 Å². The Bertz CT molecular complexity index is 1860. The minimum Gasteiger partial charge on any atom is -0.460 e. The van der Waals surface area contributed by atoms with E-state index < -0.39 is 77.8 Å². The number of carbonyl (C=O) groups is 5. The standard InChI is InChI=1S/C55H87NO15/c1-34-16-12-11-13-17-35(2)46(65-8)32-42-21-19-40(7)55(64,71-42)52(61)53(62)56-23-15-14-18-43(56)54(63)70-47(37(4)30-41-20-22-45(68-26-24-57)48(31-41)66-9)33-44(59)36(3)29-39(6)50(69-27-25-58)51(67-10)49(60)38(5)28-34/h11-13,16-17,29,34,36-38,40-43,45-48,50-51,57-58,64H,14-15,18-28,30-33H2,1-10H3/t34-,36-,37-,38-,40-,41+,42?,43+,45-,46+,47?,48-,50-,51+,55?/m1/s1. The van der Waals surface area contributed by atoms with Gasteiger partial charge in [-0.15, -0.1) is 0 Å². The van der Waals surface area contributed by atoms with Crippen molar-refractivity contribution in [2.24, 2.45) is 35.5 Å². The fraction of sp³-hybridized carbons (Fsp3) is 0.764. The third-order valence-electron chi connectivity index (χ3n) is 15.2. The third-order valence-corrected chi connectivity index (χ3v) is 15.2. The largest absolute Gasteiger partial charge is 0.460 e. The van der Waals surface area contributed by atoms with Crippen LogP contribution >= 0.6 is 0 Å².